The molecule has 9 heteroatoms. The SMILES string of the molecule is Cc1cc(OCC(=O)Nc2ccc3oc(-c4cc(F)c(F)cc4Cl)nc3c2)ccc1Cl. The molecule has 1 heterocycles. The lowest BCUT2D eigenvalue weighted by molar-refractivity contribution is -0.118. The number of amides is 1. The summed E-state index contributed by atoms with van der Waals surface area (Å²) in [5.74, 6) is -1.95. The second kappa shape index (κ2) is 8.53. The molecule has 0 aliphatic heterocycles. The molecule has 0 saturated heterocycles. The number of hydrogen-bond donors (Lipinski definition) is 1. The predicted octanol–water partition coefficient (Wildman–Crippen LogP) is 6.41. The number of fused-ring (bicyclic) bond motifs is 1. The zero-order valence-corrected chi connectivity index (χ0v) is 17.5. The molecule has 4 aromatic rings. The number of oxazole rings is 1. The first-order valence-corrected chi connectivity index (χ1v) is 9.80. The molecular weight excluding hydrogens is 449 g/mol. The van der Waals surface area contributed by atoms with Crippen LogP contribution in [0.5, 0.6) is 5.75 Å². The monoisotopic (exact) mass is 462 g/mol. The molecule has 158 valence electrons. The van der Waals surface area contributed by atoms with E-state index in [4.69, 9.17) is 32.4 Å². The summed E-state index contributed by atoms with van der Waals surface area (Å²) in [6, 6.07) is 11.7. The number of rotatable bonds is 5. The van der Waals surface area contributed by atoms with Crippen molar-refractivity contribution in [2.24, 2.45) is 0 Å². The van der Waals surface area contributed by atoms with Crippen molar-refractivity contribution < 1.29 is 22.7 Å². The number of ether oxygens (including phenoxy) is 1. The van der Waals surface area contributed by atoms with Crippen molar-refractivity contribution in [1.29, 1.82) is 0 Å². The van der Waals surface area contributed by atoms with Crippen LogP contribution in [0.15, 0.2) is 52.9 Å². The second-order valence-corrected chi connectivity index (χ2v) is 7.51. The average Bonchev–Trinajstić information content (AvgIpc) is 3.14. The highest BCUT2D eigenvalue weighted by molar-refractivity contribution is 6.33. The molecule has 1 amide bonds. The van der Waals surface area contributed by atoms with Crippen molar-refractivity contribution in [3.63, 3.8) is 0 Å². The van der Waals surface area contributed by atoms with E-state index in [1.165, 1.54) is 0 Å². The summed E-state index contributed by atoms with van der Waals surface area (Å²) in [5.41, 5.74) is 2.22. The molecule has 0 radical (unpaired) electrons. The average molecular weight is 463 g/mol. The van der Waals surface area contributed by atoms with Gasteiger partial charge in [-0.15, -0.1) is 0 Å². The van der Waals surface area contributed by atoms with Gasteiger partial charge in [-0.2, -0.15) is 0 Å². The summed E-state index contributed by atoms with van der Waals surface area (Å²) in [7, 11) is 0. The molecule has 0 fully saturated rings. The molecule has 1 aromatic heterocycles. The van der Waals surface area contributed by atoms with Crippen molar-refractivity contribution in [2.45, 2.75) is 6.92 Å². The summed E-state index contributed by atoms with van der Waals surface area (Å²) in [6.07, 6.45) is 0. The number of halogens is 4. The molecule has 0 aliphatic rings. The molecule has 1 N–H and O–H groups in total. The smallest absolute Gasteiger partial charge is 0.262 e. The van der Waals surface area contributed by atoms with Gasteiger partial charge in [0, 0.05) is 10.7 Å². The van der Waals surface area contributed by atoms with Gasteiger partial charge in [0.05, 0.1) is 10.6 Å². The van der Waals surface area contributed by atoms with E-state index >= 15 is 0 Å². The Morgan fingerprint density at radius 3 is 2.61 bits per heavy atom. The Kier molecular flexibility index (Phi) is 5.80. The third-order valence-electron chi connectivity index (χ3n) is 4.41. The zero-order valence-electron chi connectivity index (χ0n) is 16.0. The fraction of sp³-hybridized carbons (Fsp3) is 0.0909. The van der Waals surface area contributed by atoms with Crippen LogP contribution in [0.3, 0.4) is 0 Å². The van der Waals surface area contributed by atoms with Crippen molar-refractivity contribution in [3.05, 3.63) is 75.8 Å². The van der Waals surface area contributed by atoms with Gasteiger partial charge in [-0.1, -0.05) is 23.2 Å². The number of aryl methyl sites for hydroxylation is 1. The first-order chi connectivity index (χ1) is 14.8. The summed E-state index contributed by atoms with van der Waals surface area (Å²) < 4.78 is 37.9. The van der Waals surface area contributed by atoms with E-state index in [-0.39, 0.29) is 29.0 Å². The minimum absolute atomic E-state index is 0.0313. The van der Waals surface area contributed by atoms with Crippen LogP contribution in [-0.2, 0) is 4.79 Å². The van der Waals surface area contributed by atoms with E-state index in [0.29, 0.717) is 27.6 Å². The van der Waals surface area contributed by atoms with Crippen molar-refractivity contribution in [2.75, 3.05) is 11.9 Å². The Morgan fingerprint density at radius 2 is 1.84 bits per heavy atom. The molecule has 31 heavy (non-hydrogen) atoms. The first kappa shape index (κ1) is 21.1. The van der Waals surface area contributed by atoms with Crippen molar-refractivity contribution in [3.8, 4) is 17.2 Å². The Bertz CT molecular complexity index is 1310. The second-order valence-electron chi connectivity index (χ2n) is 6.70. The van der Waals surface area contributed by atoms with Gasteiger partial charge in [0.25, 0.3) is 5.91 Å². The normalized spacial score (nSPS) is 11.0. The van der Waals surface area contributed by atoms with Gasteiger partial charge < -0.3 is 14.5 Å². The van der Waals surface area contributed by atoms with Crippen molar-refractivity contribution >= 4 is 45.9 Å². The van der Waals surface area contributed by atoms with E-state index in [1.807, 2.05) is 6.92 Å². The van der Waals surface area contributed by atoms with Gasteiger partial charge in [-0.25, -0.2) is 13.8 Å². The number of aromatic nitrogens is 1. The van der Waals surface area contributed by atoms with Crippen LogP contribution in [0.25, 0.3) is 22.6 Å². The molecule has 5 nitrogen and oxygen atoms in total. The maximum absolute atomic E-state index is 13.6. The fourth-order valence-electron chi connectivity index (χ4n) is 2.86. The molecule has 0 spiro atoms. The summed E-state index contributed by atoms with van der Waals surface area (Å²) in [6.45, 7) is 1.64. The number of carbonyl (C=O) groups is 1. The van der Waals surface area contributed by atoms with E-state index in [0.717, 1.165) is 17.7 Å². The molecular formula is C22H14Cl2F2N2O3. The highest BCUT2D eigenvalue weighted by atomic mass is 35.5. The third-order valence-corrected chi connectivity index (χ3v) is 5.15. The van der Waals surface area contributed by atoms with Crippen LogP contribution in [0.4, 0.5) is 14.5 Å². The Morgan fingerprint density at radius 1 is 1.06 bits per heavy atom. The van der Waals surface area contributed by atoms with E-state index in [2.05, 4.69) is 10.3 Å². The zero-order chi connectivity index (χ0) is 22.1. The van der Waals surface area contributed by atoms with E-state index in [9.17, 15) is 13.6 Å². The lowest BCUT2D eigenvalue weighted by atomic mass is 10.2. The van der Waals surface area contributed by atoms with Crippen LogP contribution in [0.1, 0.15) is 5.56 Å². The largest absolute Gasteiger partial charge is 0.484 e. The maximum atomic E-state index is 13.6. The third kappa shape index (κ3) is 4.62. The Balaban J connectivity index is 1.48. The Hall–Kier alpha value is -3.16. The molecule has 3 aromatic carbocycles. The van der Waals surface area contributed by atoms with Gasteiger partial charge in [0.15, 0.2) is 23.8 Å². The molecule has 0 aliphatic carbocycles. The molecule has 0 saturated carbocycles. The number of anilines is 1. The Labute approximate surface area is 185 Å². The van der Waals surface area contributed by atoms with Crippen LogP contribution >= 0.6 is 23.2 Å². The summed E-state index contributed by atoms with van der Waals surface area (Å²) in [5, 5.41) is 3.28. The number of hydrogen-bond acceptors (Lipinski definition) is 4. The maximum Gasteiger partial charge on any atom is 0.262 e. The first-order valence-electron chi connectivity index (χ1n) is 9.04. The highest BCUT2D eigenvalue weighted by Gasteiger charge is 2.16. The lowest BCUT2D eigenvalue weighted by Crippen LogP contribution is -2.20. The minimum atomic E-state index is -1.06. The molecule has 0 atom stereocenters. The molecule has 0 unspecified atom stereocenters. The van der Waals surface area contributed by atoms with Gasteiger partial charge in [-0.05, 0) is 61.0 Å². The lowest BCUT2D eigenvalue weighted by Gasteiger charge is -2.08. The number of nitrogens with zero attached hydrogens (tertiary/aromatic N) is 1. The molecule has 0 bridgehead atoms. The van der Waals surface area contributed by atoms with E-state index in [1.54, 1.807) is 36.4 Å². The summed E-state index contributed by atoms with van der Waals surface area (Å²) >= 11 is 12.0. The fourth-order valence-corrected chi connectivity index (χ4v) is 3.21. The summed E-state index contributed by atoms with van der Waals surface area (Å²) in [4.78, 5) is 16.5. The van der Waals surface area contributed by atoms with Gasteiger partial charge in [0.2, 0.25) is 5.89 Å². The van der Waals surface area contributed by atoms with E-state index < -0.39 is 11.6 Å². The predicted molar refractivity (Wildman–Crippen MR) is 115 cm³/mol. The number of carbonyl (C=O) groups excluding carboxylic acids is 1. The highest BCUT2D eigenvalue weighted by Crippen LogP contribution is 2.32. The topological polar surface area (TPSA) is 64.4 Å². The number of nitrogens with one attached hydrogen (secondary N) is 1. The van der Waals surface area contributed by atoms with Crippen LogP contribution in [0.2, 0.25) is 10.0 Å². The van der Waals surface area contributed by atoms with Crippen LogP contribution in [0, 0.1) is 18.6 Å². The minimum Gasteiger partial charge on any atom is -0.484 e. The van der Waals surface area contributed by atoms with Crippen LogP contribution in [-0.4, -0.2) is 17.5 Å². The van der Waals surface area contributed by atoms with Gasteiger partial charge >= 0.3 is 0 Å². The quantitative estimate of drug-likeness (QED) is 0.348. The molecule has 4 rings (SSSR count). The van der Waals surface area contributed by atoms with Crippen LogP contribution < -0.4 is 10.1 Å². The van der Waals surface area contributed by atoms with Gasteiger partial charge in [-0.3, -0.25) is 4.79 Å². The standard InChI is InChI=1S/C22H14Cl2F2N2O3/c1-11-6-13(3-4-15(11)23)30-10-21(29)27-12-2-5-20-19(7-12)28-22(31-20)14-8-17(25)18(26)9-16(14)24/h2-9H,10H2,1H3,(H,27,29). The number of benzene rings is 3. The van der Waals surface area contributed by atoms with Crippen molar-refractivity contribution in [1.82, 2.24) is 4.98 Å². The van der Waals surface area contributed by atoms with Gasteiger partial charge in [0.1, 0.15) is 11.3 Å².